The number of nitrogens with zero attached hydrogens (tertiary/aromatic N) is 1. The van der Waals surface area contributed by atoms with Crippen molar-refractivity contribution in [1.82, 2.24) is 5.16 Å². The fourth-order valence-corrected chi connectivity index (χ4v) is 1.51. The molecule has 1 N–H and O–H groups in total. The molecular formula is C11H12FNO2. The maximum Gasteiger partial charge on any atom is 0.170 e. The van der Waals surface area contributed by atoms with Crippen molar-refractivity contribution in [3.63, 3.8) is 0 Å². The molecule has 1 atom stereocenters. The predicted octanol–water partition coefficient (Wildman–Crippen LogP) is 2.14. The molecule has 1 aromatic heterocycles. The number of aliphatic hydroxyl groups excluding tert-OH is 1. The summed E-state index contributed by atoms with van der Waals surface area (Å²) in [5.74, 6) is -0.205. The van der Waals surface area contributed by atoms with Crippen molar-refractivity contribution < 1.29 is 14.0 Å². The molecule has 0 aliphatic carbocycles. The third kappa shape index (κ3) is 1.99. The molecule has 0 amide bonds. The molecule has 2 rings (SSSR count). The number of halogens is 1. The molecule has 1 aromatic carbocycles. The molecule has 3 nitrogen and oxygen atoms in total. The van der Waals surface area contributed by atoms with Crippen molar-refractivity contribution in [3.05, 3.63) is 29.7 Å². The lowest BCUT2D eigenvalue weighted by atomic mass is 10.0. The van der Waals surface area contributed by atoms with Crippen molar-refractivity contribution in [3.8, 4) is 0 Å². The van der Waals surface area contributed by atoms with Crippen molar-refractivity contribution in [2.45, 2.75) is 13.3 Å². The number of aliphatic hydroxyl groups is 1. The second kappa shape index (κ2) is 3.98. The van der Waals surface area contributed by atoms with Crippen molar-refractivity contribution in [2.75, 3.05) is 6.61 Å². The van der Waals surface area contributed by atoms with Crippen LogP contribution >= 0.6 is 0 Å². The van der Waals surface area contributed by atoms with E-state index in [1.165, 1.54) is 12.1 Å². The Labute approximate surface area is 86.5 Å². The minimum absolute atomic E-state index is 0.107. The van der Waals surface area contributed by atoms with Gasteiger partial charge in [-0.25, -0.2) is 4.39 Å². The highest BCUT2D eigenvalue weighted by atomic mass is 19.1. The van der Waals surface area contributed by atoms with Gasteiger partial charge in [0, 0.05) is 18.1 Å². The maximum atomic E-state index is 12.8. The number of fused-ring (bicyclic) bond motifs is 1. The van der Waals surface area contributed by atoms with Crippen LogP contribution in [-0.2, 0) is 6.42 Å². The summed E-state index contributed by atoms with van der Waals surface area (Å²) in [5.41, 5.74) is 1.22. The Morgan fingerprint density at radius 2 is 2.33 bits per heavy atom. The standard InChI is InChI=1S/C11H12FNO2/c1-7(6-14)4-10-9-3-2-8(12)5-11(9)15-13-10/h2-3,5,7,14H,4,6H2,1H3. The van der Waals surface area contributed by atoms with Crippen LogP contribution in [0.4, 0.5) is 4.39 Å². The fourth-order valence-electron chi connectivity index (χ4n) is 1.51. The van der Waals surface area contributed by atoms with Crippen LogP contribution in [0.3, 0.4) is 0 Å². The first kappa shape index (κ1) is 10.1. The Morgan fingerprint density at radius 3 is 3.07 bits per heavy atom. The van der Waals surface area contributed by atoms with Crippen molar-refractivity contribution >= 4 is 11.0 Å². The lowest BCUT2D eigenvalue weighted by Gasteiger charge is -2.03. The van der Waals surface area contributed by atoms with E-state index >= 15 is 0 Å². The molecular weight excluding hydrogens is 197 g/mol. The van der Waals surface area contributed by atoms with E-state index in [2.05, 4.69) is 5.16 Å². The number of aromatic nitrogens is 1. The van der Waals surface area contributed by atoms with E-state index in [0.29, 0.717) is 12.0 Å². The van der Waals surface area contributed by atoms with Crippen LogP contribution in [0.15, 0.2) is 22.7 Å². The lowest BCUT2D eigenvalue weighted by Crippen LogP contribution is -2.04. The summed E-state index contributed by atoms with van der Waals surface area (Å²) in [7, 11) is 0. The lowest BCUT2D eigenvalue weighted by molar-refractivity contribution is 0.235. The van der Waals surface area contributed by atoms with E-state index in [-0.39, 0.29) is 18.3 Å². The Hall–Kier alpha value is -1.42. The summed E-state index contributed by atoms with van der Waals surface area (Å²) in [6, 6.07) is 4.35. The first-order valence-corrected chi connectivity index (χ1v) is 4.85. The maximum absolute atomic E-state index is 12.8. The second-order valence-corrected chi connectivity index (χ2v) is 3.76. The van der Waals surface area contributed by atoms with Crippen molar-refractivity contribution in [1.29, 1.82) is 0 Å². The smallest absolute Gasteiger partial charge is 0.170 e. The van der Waals surface area contributed by atoms with Gasteiger partial charge in [-0.15, -0.1) is 0 Å². The zero-order chi connectivity index (χ0) is 10.8. The van der Waals surface area contributed by atoms with Gasteiger partial charge >= 0.3 is 0 Å². The summed E-state index contributed by atoms with van der Waals surface area (Å²) < 4.78 is 17.9. The van der Waals surface area contributed by atoms with Crippen molar-refractivity contribution in [2.24, 2.45) is 5.92 Å². The molecule has 0 radical (unpaired) electrons. The molecule has 80 valence electrons. The van der Waals surface area contributed by atoms with Crippen LogP contribution in [0, 0.1) is 11.7 Å². The van der Waals surface area contributed by atoms with Gasteiger partial charge in [0.15, 0.2) is 5.58 Å². The Morgan fingerprint density at radius 1 is 1.53 bits per heavy atom. The molecule has 2 aromatic rings. The van der Waals surface area contributed by atoms with Gasteiger partial charge in [-0.05, 0) is 24.5 Å². The highest BCUT2D eigenvalue weighted by Gasteiger charge is 2.11. The molecule has 15 heavy (non-hydrogen) atoms. The van der Waals surface area contributed by atoms with Crippen LogP contribution in [0.1, 0.15) is 12.6 Å². The molecule has 0 saturated carbocycles. The van der Waals surface area contributed by atoms with Gasteiger partial charge in [-0.3, -0.25) is 0 Å². The third-order valence-corrected chi connectivity index (χ3v) is 2.36. The SMILES string of the molecule is CC(CO)Cc1noc2cc(F)ccc12. The molecule has 4 heteroatoms. The highest BCUT2D eigenvalue weighted by molar-refractivity contribution is 5.79. The van der Waals surface area contributed by atoms with Gasteiger partial charge < -0.3 is 9.63 Å². The normalized spacial score (nSPS) is 13.3. The summed E-state index contributed by atoms with van der Waals surface area (Å²) in [4.78, 5) is 0. The number of hydrogen-bond acceptors (Lipinski definition) is 3. The molecule has 0 aliphatic rings. The first-order valence-electron chi connectivity index (χ1n) is 4.85. The quantitative estimate of drug-likeness (QED) is 0.842. The second-order valence-electron chi connectivity index (χ2n) is 3.76. The fraction of sp³-hybridized carbons (Fsp3) is 0.364. The van der Waals surface area contributed by atoms with Gasteiger partial charge in [0.05, 0.1) is 5.69 Å². The predicted molar refractivity (Wildman–Crippen MR) is 53.9 cm³/mol. The number of rotatable bonds is 3. The average molecular weight is 209 g/mol. The topological polar surface area (TPSA) is 46.3 Å². The molecule has 1 heterocycles. The molecule has 1 unspecified atom stereocenters. The third-order valence-electron chi connectivity index (χ3n) is 2.36. The van der Waals surface area contributed by atoms with Crippen LogP contribution in [0.2, 0.25) is 0 Å². The van der Waals surface area contributed by atoms with E-state index in [1.807, 2.05) is 6.92 Å². The summed E-state index contributed by atoms with van der Waals surface area (Å²) in [6.45, 7) is 2.03. The van der Waals surface area contributed by atoms with Gasteiger partial charge in [-0.2, -0.15) is 0 Å². The summed E-state index contributed by atoms with van der Waals surface area (Å²) in [6.07, 6.45) is 0.634. The van der Waals surface area contributed by atoms with E-state index in [1.54, 1.807) is 6.07 Å². The Bertz CT molecular complexity index is 467. The highest BCUT2D eigenvalue weighted by Crippen LogP contribution is 2.21. The van der Waals surface area contributed by atoms with E-state index in [4.69, 9.17) is 9.63 Å². The molecule has 0 spiro atoms. The van der Waals surface area contributed by atoms with Gasteiger partial charge in [0.2, 0.25) is 0 Å². The minimum Gasteiger partial charge on any atom is -0.396 e. The Balaban J connectivity index is 2.36. The van der Waals surface area contributed by atoms with E-state index in [0.717, 1.165) is 11.1 Å². The van der Waals surface area contributed by atoms with Crippen LogP contribution in [0.5, 0.6) is 0 Å². The van der Waals surface area contributed by atoms with E-state index in [9.17, 15) is 4.39 Å². The average Bonchev–Trinajstić information content (AvgIpc) is 2.60. The minimum atomic E-state index is -0.333. The number of hydrogen-bond donors (Lipinski definition) is 1. The summed E-state index contributed by atoms with van der Waals surface area (Å²) in [5, 5.41) is 13.6. The molecule has 0 fully saturated rings. The Kier molecular flexibility index (Phi) is 2.68. The van der Waals surface area contributed by atoms with Gasteiger partial charge in [-0.1, -0.05) is 12.1 Å². The molecule has 0 bridgehead atoms. The summed E-state index contributed by atoms with van der Waals surface area (Å²) >= 11 is 0. The van der Waals surface area contributed by atoms with Crippen LogP contribution in [0.25, 0.3) is 11.0 Å². The van der Waals surface area contributed by atoms with Gasteiger partial charge in [0.1, 0.15) is 5.82 Å². The van der Waals surface area contributed by atoms with Gasteiger partial charge in [0.25, 0.3) is 0 Å². The first-order chi connectivity index (χ1) is 7.20. The van der Waals surface area contributed by atoms with Crippen LogP contribution < -0.4 is 0 Å². The van der Waals surface area contributed by atoms with E-state index < -0.39 is 0 Å². The molecule has 0 aliphatic heterocycles. The zero-order valence-corrected chi connectivity index (χ0v) is 8.40. The molecule has 0 saturated heterocycles. The van der Waals surface area contributed by atoms with Crippen LogP contribution in [-0.4, -0.2) is 16.9 Å². The largest absolute Gasteiger partial charge is 0.396 e. The zero-order valence-electron chi connectivity index (χ0n) is 8.40. The number of benzene rings is 1. The monoisotopic (exact) mass is 209 g/mol.